The van der Waals surface area contributed by atoms with Gasteiger partial charge in [0, 0.05) is 45.8 Å². The molecule has 2 rings (SSSR count). The average Bonchev–Trinajstić information content (AvgIpc) is 3.15. The second-order valence-corrected chi connectivity index (χ2v) is 5.87. The second-order valence-electron chi connectivity index (χ2n) is 5.87. The lowest BCUT2D eigenvalue weighted by molar-refractivity contribution is -0.128. The van der Waals surface area contributed by atoms with E-state index < -0.39 is 0 Å². The highest BCUT2D eigenvalue weighted by molar-refractivity contribution is 14.0. The molecule has 0 radical (unpaired) electrons. The van der Waals surface area contributed by atoms with Crippen LogP contribution in [0, 0.1) is 5.92 Å². The summed E-state index contributed by atoms with van der Waals surface area (Å²) in [6.45, 7) is 7.49. The average molecular weight is 424 g/mol. The van der Waals surface area contributed by atoms with E-state index >= 15 is 0 Å². The number of ether oxygens (including phenoxy) is 1. The molecule has 2 heterocycles. The van der Waals surface area contributed by atoms with Gasteiger partial charge in [0.2, 0.25) is 5.91 Å². The maximum absolute atomic E-state index is 12.1. The van der Waals surface area contributed by atoms with Crippen LogP contribution in [-0.2, 0) is 9.53 Å². The first-order valence-electron chi connectivity index (χ1n) is 8.05. The van der Waals surface area contributed by atoms with Crippen LogP contribution in [0.4, 0.5) is 0 Å². The molecule has 0 aliphatic carbocycles. The van der Waals surface area contributed by atoms with Gasteiger partial charge in [-0.25, -0.2) is 4.99 Å². The number of hydrogen-bond donors (Lipinski definition) is 1. The number of guanidine groups is 1. The summed E-state index contributed by atoms with van der Waals surface area (Å²) in [6.07, 6.45) is 3.35. The Hall–Kier alpha value is -0.570. The van der Waals surface area contributed by atoms with E-state index in [2.05, 4.69) is 15.2 Å². The predicted octanol–water partition coefficient (Wildman–Crippen LogP) is 1.16. The topological polar surface area (TPSA) is 57.2 Å². The van der Waals surface area contributed by atoms with Crippen molar-refractivity contribution in [2.75, 3.05) is 53.0 Å². The van der Waals surface area contributed by atoms with Crippen molar-refractivity contribution in [2.24, 2.45) is 10.9 Å². The van der Waals surface area contributed by atoms with Crippen LogP contribution in [0.5, 0.6) is 0 Å². The first-order valence-corrected chi connectivity index (χ1v) is 8.05. The van der Waals surface area contributed by atoms with Crippen LogP contribution in [0.25, 0.3) is 0 Å². The number of hydrogen-bond acceptors (Lipinski definition) is 3. The highest BCUT2D eigenvalue weighted by Gasteiger charge is 2.20. The smallest absolute Gasteiger partial charge is 0.244 e. The minimum atomic E-state index is 0. The van der Waals surface area contributed by atoms with Gasteiger partial charge >= 0.3 is 0 Å². The van der Waals surface area contributed by atoms with Crippen LogP contribution >= 0.6 is 24.0 Å². The fraction of sp³-hybridized carbons (Fsp3) is 0.867. The third-order valence-electron chi connectivity index (χ3n) is 4.08. The van der Waals surface area contributed by atoms with Crippen LogP contribution in [-0.4, -0.2) is 74.7 Å². The van der Waals surface area contributed by atoms with Crippen LogP contribution in [0.1, 0.15) is 26.2 Å². The summed E-state index contributed by atoms with van der Waals surface area (Å²) in [5.41, 5.74) is 0. The fourth-order valence-corrected chi connectivity index (χ4v) is 2.88. The third kappa shape index (κ3) is 5.91. The Morgan fingerprint density at radius 2 is 2.14 bits per heavy atom. The number of nitrogens with one attached hydrogen (secondary N) is 1. The van der Waals surface area contributed by atoms with Crippen molar-refractivity contribution in [3.8, 4) is 0 Å². The number of carbonyl (C=O) groups is 1. The highest BCUT2D eigenvalue weighted by Crippen LogP contribution is 2.13. The normalized spacial score (nSPS) is 21.6. The number of likely N-dealkylation sites (tertiary alicyclic amines) is 1. The van der Waals surface area contributed by atoms with Gasteiger partial charge in [-0.2, -0.15) is 0 Å². The van der Waals surface area contributed by atoms with Gasteiger partial charge in [-0.05, 0) is 26.2 Å². The third-order valence-corrected chi connectivity index (χ3v) is 4.08. The molecule has 2 fully saturated rings. The molecule has 1 atom stereocenters. The summed E-state index contributed by atoms with van der Waals surface area (Å²) in [5, 5.41) is 3.27. The summed E-state index contributed by atoms with van der Waals surface area (Å²) < 4.78 is 5.42. The summed E-state index contributed by atoms with van der Waals surface area (Å²) in [4.78, 5) is 20.6. The van der Waals surface area contributed by atoms with Crippen LogP contribution in [0.3, 0.4) is 0 Å². The molecule has 0 aromatic heterocycles. The van der Waals surface area contributed by atoms with E-state index in [1.807, 2.05) is 18.9 Å². The Kier molecular flexibility index (Phi) is 9.08. The molecule has 0 aromatic rings. The Morgan fingerprint density at radius 3 is 2.73 bits per heavy atom. The van der Waals surface area contributed by atoms with Crippen molar-refractivity contribution >= 4 is 35.8 Å². The molecule has 2 aliphatic rings. The molecule has 1 amide bonds. The lowest BCUT2D eigenvalue weighted by atomic mass is 10.1. The standard InChI is InChI=1S/C15H28N4O2.HI/c1-3-16-15(18(2)11-13-6-9-21-12-13)17-10-14(20)19-7-4-5-8-19;/h13H,3-12H2,1-2H3,(H,16,17);1H. The number of nitrogens with zero attached hydrogens (tertiary/aromatic N) is 3. The molecule has 2 aliphatic heterocycles. The Bertz CT molecular complexity index is 367. The van der Waals surface area contributed by atoms with E-state index in [1.54, 1.807) is 0 Å². The van der Waals surface area contributed by atoms with Gasteiger partial charge in [0.05, 0.1) is 6.61 Å². The second kappa shape index (κ2) is 10.3. The molecule has 0 saturated carbocycles. The quantitative estimate of drug-likeness (QED) is 0.409. The highest BCUT2D eigenvalue weighted by atomic mass is 127. The van der Waals surface area contributed by atoms with Gasteiger partial charge in [0.1, 0.15) is 6.54 Å². The molecular weight excluding hydrogens is 395 g/mol. The fourth-order valence-electron chi connectivity index (χ4n) is 2.88. The Labute approximate surface area is 150 Å². The Balaban J connectivity index is 0.00000242. The molecular formula is C15H29IN4O2. The zero-order chi connectivity index (χ0) is 15.1. The monoisotopic (exact) mass is 424 g/mol. The van der Waals surface area contributed by atoms with Gasteiger partial charge in [0.15, 0.2) is 5.96 Å². The minimum absolute atomic E-state index is 0. The van der Waals surface area contributed by atoms with E-state index in [4.69, 9.17) is 4.74 Å². The van der Waals surface area contributed by atoms with Gasteiger partial charge < -0.3 is 19.9 Å². The lowest BCUT2D eigenvalue weighted by Gasteiger charge is -2.24. The zero-order valence-corrected chi connectivity index (χ0v) is 16.0. The van der Waals surface area contributed by atoms with Crippen molar-refractivity contribution in [3.63, 3.8) is 0 Å². The van der Waals surface area contributed by atoms with Crippen LogP contribution in [0.2, 0.25) is 0 Å². The van der Waals surface area contributed by atoms with Crippen molar-refractivity contribution < 1.29 is 9.53 Å². The molecule has 7 heteroatoms. The maximum atomic E-state index is 12.1. The number of aliphatic imine (C=N–C) groups is 1. The SMILES string of the molecule is CCNC(=NCC(=O)N1CCCC1)N(C)CC1CCOC1.I. The van der Waals surface area contributed by atoms with Crippen LogP contribution < -0.4 is 5.32 Å². The van der Waals surface area contributed by atoms with Gasteiger partial charge in [0.25, 0.3) is 0 Å². The minimum Gasteiger partial charge on any atom is -0.381 e. The van der Waals surface area contributed by atoms with E-state index in [0.717, 1.165) is 64.6 Å². The number of carbonyl (C=O) groups excluding carboxylic acids is 1. The van der Waals surface area contributed by atoms with Crippen LogP contribution in [0.15, 0.2) is 4.99 Å². The van der Waals surface area contributed by atoms with Gasteiger partial charge in [-0.3, -0.25) is 4.79 Å². The molecule has 6 nitrogen and oxygen atoms in total. The molecule has 1 unspecified atom stereocenters. The first-order chi connectivity index (χ1) is 10.2. The van der Waals surface area contributed by atoms with E-state index in [0.29, 0.717) is 5.92 Å². The van der Waals surface area contributed by atoms with Crippen molar-refractivity contribution in [1.82, 2.24) is 15.1 Å². The van der Waals surface area contributed by atoms with E-state index in [9.17, 15) is 4.79 Å². The molecule has 0 aromatic carbocycles. The molecule has 1 N–H and O–H groups in total. The number of halogens is 1. The summed E-state index contributed by atoms with van der Waals surface area (Å²) in [5.74, 6) is 1.52. The van der Waals surface area contributed by atoms with Crippen molar-refractivity contribution in [2.45, 2.75) is 26.2 Å². The molecule has 128 valence electrons. The predicted molar refractivity (Wildman–Crippen MR) is 98.8 cm³/mol. The summed E-state index contributed by atoms with van der Waals surface area (Å²) >= 11 is 0. The summed E-state index contributed by atoms with van der Waals surface area (Å²) in [6, 6.07) is 0. The molecule has 0 spiro atoms. The summed E-state index contributed by atoms with van der Waals surface area (Å²) in [7, 11) is 2.03. The Morgan fingerprint density at radius 1 is 1.41 bits per heavy atom. The van der Waals surface area contributed by atoms with Gasteiger partial charge in [-0.1, -0.05) is 0 Å². The number of rotatable bonds is 5. The zero-order valence-electron chi connectivity index (χ0n) is 13.7. The largest absolute Gasteiger partial charge is 0.381 e. The van der Waals surface area contributed by atoms with Gasteiger partial charge in [-0.15, -0.1) is 24.0 Å². The first kappa shape index (κ1) is 19.5. The molecule has 22 heavy (non-hydrogen) atoms. The lowest BCUT2D eigenvalue weighted by Crippen LogP contribution is -2.42. The molecule has 2 saturated heterocycles. The van der Waals surface area contributed by atoms with E-state index in [-0.39, 0.29) is 36.4 Å². The van der Waals surface area contributed by atoms with Crippen molar-refractivity contribution in [3.05, 3.63) is 0 Å². The van der Waals surface area contributed by atoms with Crippen molar-refractivity contribution in [1.29, 1.82) is 0 Å². The van der Waals surface area contributed by atoms with E-state index in [1.165, 1.54) is 0 Å². The molecule has 0 bridgehead atoms. The maximum Gasteiger partial charge on any atom is 0.244 e. The number of amides is 1.